The number of carboxylic acids is 1. The van der Waals surface area contributed by atoms with E-state index in [9.17, 15) is 15.0 Å². The van der Waals surface area contributed by atoms with Crippen LogP contribution in [0, 0.1) is 23.7 Å². The van der Waals surface area contributed by atoms with Crippen molar-refractivity contribution in [2.45, 2.75) is 89.3 Å². The highest BCUT2D eigenvalue weighted by Gasteiger charge is 2.44. The van der Waals surface area contributed by atoms with Crippen molar-refractivity contribution in [3.8, 4) is 0 Å². The zero-order valence-electron chi connectivity index (χ0n) is 16.4. The first kappa shape index (κ1) is 20.6. The first-order valence-corrected chi connectivity index (χ1v) is 11.0. The van der Waals surface area contributed by atoms with Gasteiger partial charge >= 0.3 is 5.97 Å². The Kier molecular flexibility index (Phi) is 7.54. The van der Waals surface area contributed by atoms with E-state index in [0.717, 1.165) is 32.1 Å². The molecule has 0 amide bonds. The summed E-state index contributed by atoms with van der Waals surface area (Å²) in [5, 5.41) is 29.6. The number of hydrogen-bond acceptors (Lipinski definition) is 3. The molecule has 152 valence electrons. The molecule has 3 fully saturated rings. The van der Waals surface area contributed by atoms with Crippen LogP contribution < -0.4 is 0 Å². The molecule has 0 aromatic heterocycles. The molecule has 0 aliphatic heterocycles. The zero-order valence-corrected chi connectivity index (χ0v) is 16.4. The lowest BCUT2D eigenvalue weighted by molar-refractivity contribution is -0.137. The molecule has 0 heterocycles. The van der Waals surface area contributed by atoms with Gasteiger partial charge in [-0.2, -0.15) is 0 Å². The van der Waals surface area contributed by atoms with Crippen LogP contribution in [0.4, 0.5) is 0 Å². The van der Waals surface area contributed by atoms with Crippen molar-refractivity contribution in [1.29, 1.82) is 0 Å². The van der Waals surface area contributed by atoms with Gasteiger partial charge in [-0.05, 0) is 56.3 Å². The Morgan fingerprint density at radius 2 is 1.96 bits per heavy atom. The Balaban J connectivity index is 1.48. The van der Waals surface area contributed by atoms with E-state index in [1.54, 1.807) is 0 Å². The van der Waals surface area contributed by atoms with Gasteiger partial charge in [-0.1, -0.05) is 55.9 Å². The second kappa shape index (κ2) is 9.88. The normalized spacial score (nSPS) is 34.4. The van der Waals surface area contributed by atoms with Gasteiger partial charge in [0.15, 0.2) is 0 Å². The minimum Gasteiger partial charge on any atom is -0.481 e. The zero-order chi connectivity index (χ0) is 19.2. The second-order valence-electron chi connectivity index (χ2n) is 9.05. The van der Waals surface area contributed by atoms with Crippen LogP contribution >= 0.6 is 0 Å². The summed E-state index contributed by atoms with van der Waals surface area (Å²) < 4.78 is 0. The van der Waals surface area contributed by atoms with Gasteiger partial charge in [-0.15, -0.1) is 0 Å². The minimum atomic E-state index is -0.725. The van der Waals surface area contributed by atoms with E-state index >= 15 is 0 Å². The maximum Gasteiger partial charge on any atom is 0.303 e. The maximum absolute atomic E-state index is 10.6. The minimum absolute atomic E-state index is 0.154. The van der Waals surface area contributed by atoms with E-state index in [1.165, 1.54) is 37.7 Å². The number of unbranched alkanes of at least 4 members (excludes halogenated alkanes) is 1. The third kappa shape index (κ3) is 5.92. The lowest BCUT2D eigenvalue weighted by atomic mass is 9.85. The molecule has 0 unspecified atom stereocenters. The monoisotopic (exact) mass is 376 g/mol. The predicted molar refractivity (Wildman–Crippen MR) is 106 cm³/mol. The highest BCUT2D eigenvalue weighted by atomic mass is 16.4. The van der Waals surface area contributed by atoms with E-state index in [-0.39, 0.29) is 24.5 Å². The number of allylic oxidation sites excluding steroid dienone is 2. The van der Waals surface area contributed by atoms with Crippen molar-refractivity contribution in [2.75, 3.05) is 0 Å². The van der Waals surface area contributed by atoms with E-state index in [1.807, 2.05) is 6.08 Å². The molecule has 3 N–H and O–H groups in total. The number of carbonyl (C=O) groups is 1. The van der Waals surface area contributed by atoms with Crippen LogP contribution in [0.1, 0.15) is 77.0 Å². The van der Waals surface area contributed by atoms with Gasteiger partial charge in [0.25, 0.3) is 0 Å². The molecule has 0 bridgehead atoms. The van der Waals surface area contributed by atoms with E-state index in [0.29, 0.717) is 24.2 Å². The summed E-state index contributed by atoms with van der Waals surface area (Å²) in [6, 6.07) is 0. The summed E-state index contributed by atoms with van der Waals surface area (Å²) in [4.78, 5) is 10.6. The molecule has 0 saturated heterocycles. The highest BCUT2D eigenvalue weighted by Crippen LogP contribution is 2.50. The number of hydrogen-bond donors (Lipinski definition) is 3. The summed E-state index contributed by atoms with van der Waals surface area (Å²) in [6.45, 7) is 0. The van der Waals surface area contributed by atoms with Crippen molar-refractivity contribution in [1.82, 2.24) is 0 Å². The fraction of sp³-hybridized carbons (Fsp3) is 0.783. The first-order valence-electron chi connectivity index (χ1n) is 11.0. The molecular formula is C23H36O4. The maximum atomic E-state index is 10.6. The molecule has 0 spiro atoms. The molecule has 3 aliphatic rings. The summed E-state index contributed by atoms with van der Waals surface area (Å²) in [5.41, 5.74) is 1.43. The van der Waals surface area contributed by atoms with Crippen LogP contribution in [0.15, 0.2) is 23.8 Å². The Morgan fingerprint density at radius 3 is 2.70 bits per heavy atom. The molecular weight excluding hydrogens is 340 g/mol. The summed E-state index contributed by atoms with van der Waals surface area (Å²) in [6.07, 6.45) is 17.6. The SMILES string of the molecule is O=C(O)CCCC=C1C[C@@H]2C[C@@H](O)[C@H](C=C[C@H](O)CC3CCCCC3)[C@H]2C1. The fourth-order valence-corrected chi connectivity index (χ4v) is 5.60. The van der Waals surface area contributed by atoms with Crippen molar-refractivity contribution < 1.29 is 20.1 Å². The standard InChI is InChI=1S/C23H36O4/c24-19(13-16-6-2-1-3-7-16)10-11-20-21-14-17(8-4-5-9-23(26)27)12-18(21)15-22(20)25/h8,10-11,16,18-22,24-25H,1-7,9,12-15H2,(H,26,27)/t18-,19+,20-,21+,22-/m1/s1. The summed E-state index contributed by atoms with van der Waals surface area (Å²) in [7, 11) is 0. The Labute approximate surface area is 163 Å². The Bertz CT molecular complexity index is 547. The van der Waals surface area contributed by atoms with Crippen molar-refractivity contribution in [2.24, 2.45) is 23.7 Å². The number of fused-ring (bicyclic) bond motifs is 1. The average Bonchev–Trinajstić information content (AvgIpc) is 3.14. The van der Waals surface area contributed by atoms with Gasteiger partial charge in [0.05, 0.1) is 12.2 Å². The van der Waals surface area contributed by atoms with E-state index < -0.39 is 5.97 Å². The molecule has 3 aliphatic carbocycles. The number of carboxylic acid groups (broad SMARTS) is 1. The van der Waals surface area contributed by atoms with Crippen LogP contribution in [0.5, 0.6) is 0 Å². The Hall–Kier alpha value is -1.13. The smallest absolute Gasteiger partial charge is 0.303 e. The van der Waals surface area contributed by atoms with Gasteiger partial charge in [0.2, 0.25) is 0 Å². The van der Waals surface area contributed by atoms with Crippen LogP contribution in [0.25, 0.3) is 0 Å². The molecule has 3 saturated carbocycles. The quantitative estimate of drug-likeness (QED) is 0.432. The molecule has 5 atom stereocenters. The number of aliphatic hydroxyl groups is 2. The fourth-order valence-electron chi connectivity index (χ4n) is 5.60. The molecule has 27 heavy (non-hydrogen) atoms. The topological polar surface area (TPSA) is 77.8 Å². The molecule has 0 aromatic rings. The van der Waals surface area contributed by atoms with Gasteiger partial charge in [0, 0.05) is 12.3 Å². The third-order valence-electron chi connectivity index (χ3n) is 6.99. The second-order valence-corrected chi connectivity index (χ2v) is 9.05. The van der Waals surface area contributed by atoms with Crippen LogP contribution in [0.3, 0.4) is 0 Å². The van der Waals surface area contributed by atoms with Gasteiger partial charge in [-0.25, -0.2) is 0 Å². The summed E-state index contributed by atoms with van der Waals surface area (Å²) in [5.74, 6) is 1.10. The van der Waals surface area contributed by atoms with Gasteiger partial charge in [-0.3, -0.25) is 4.79 Å². The van der Waals surface area contributed by atoms with Crippen LogP contribution in [0.2, 0.25) is 0 Å². The predicted octanol–water partition coefficient (Wildman–Crippen LogP) is 4.46. The molecule has 0 aromatic carbocycles. The number of aliphatic hydroxyl groups excluding tert-OH is 2. The first-order chi connectivity index (χ1) is 13.0. The van der Waals surface area contributed by atoms with Crippen molar-refractivity contribution in [3.05, 3.63) is 23.8 Å². The van der Waals surface area contributed by atoms with Crippen LogP contribution in [-0.4, -0.2) is 33.5 Å². The average molecular weight is 377 g/mol. The molecule has 4 nitrogen and oxygen atoms in total. The number of rotatable bonds is 8. The van der Waals surface area contributed by atoms with Crippen LogP contribution in [-0.2, 0) is 4.79 Å². The lowest BCUT2D eigenvalue weighted by Crippen LogP contribution is -2.18. The molecule has 0 radical (unpaired) electrons. The Morgan fingerprint density at radius 1 is 1.19 bits per heavy atom. The largest absolute Gasteiger partial charge is 0.481 e. The molecule has 4 heteroatoms. The van der Waals surface area contributed by atoms with Crippen molar-refractivity contribution in [3.63, 3.8) is 0 Å². The lowest BCUT2D eigenvalue weighted by Gasteiger charge is -2.23. The third-order valence-corrected chi connectivity index (χ3v) is 6.99. The van der Waals surface area contributed by atoms with Gasteiger partial charge < -0.3 is 15.3 Å². The highest BCUT2D eigenvalue weighted by molar-refractivity contribution is 5.66. The van der Waals surface area contributed by atoms with E-state index in [4.69, 9.17) is 5.11 Å². The van der Waals surface area contributed by atoms with E-state index in [2.05, 4.69) is 12.2 Å². The van der Waals surface area contributed by atoms with Gasteiger partial charge in [0.1, 0.15) is 0 Å². The summed E-state index contributed by atoms with van der Waals surface area (Å²) >= 11 is 0. The number of aliphatic carboxylic acids is 1. The van der Waals surface area contributed by atoms with Crippen molar-refractivity contribution >= 4 is 5.97 Å². The molecule has 3 rings (SSSR count).